The molecule has 116 valence electrons. The van der Waals surface area contributed by atoms with Crippen molar-refractivity contribution in [1.29, 1.82) is 0 Å². The van der Waals surface area contributed by atoms with Gasteiger partial charge in [0.2, 0.25) is 0 Å². The fraction of sp³-hybridized carbons (Fsp3) is 1.00. The van der Waals surface area contributed by atoms with Gasteiger partial charge in [0.1, 0.15) is 0 Å². The van der Waals surface area contributed by atoms with Gasteiger partial charge in [0.05, 0.1) is 0 Å². The molecule has 0 fully saturated rings. The average Bonchev–Trinajstić information content (AvgIpc) is 2.13. The predicted octanol–water partition coefficient (Wildman–Crippen LogP) is 1.33. The largest absolute Gasteiger partial charge is 2.00 e. The predicted molar refractivity (Wildman–Crippen MR) is 53.4 cm³/mol. The molecule has 0 amide bonds. The molecule has 0 saturated heterocycles. The Balaban J connectivity index is 0. The molecule has 2 nitrogen and oxygen atoms in total. The Morgan fingerprint density at radius 3 is 1.40 bits per heavy atom. The Labute approximate surface area is 151 Å². The zero-order chi connectivity index (χ0) is 15.9. The maximum absolute atomic E-state index is 12.9. The standard InChI is InChI=1S/C10H13F7O2.Ba/c1-7(2,3)5(18)4-6(19)8(11,12)9(13,14)10(15,16)17;/h5-6H,4H2,1-3H3;/q-2;+2. The van der Waals surface area contributed by atoms with Crippen molar-refractivity contribution in [3.05, 3.63) is 0 Å². The van der Waals surface area contributed by atoms with Crippen LogP contribution in [0, 0.1) is 5.41 Å². The van der Waals surface area contributed by atoms with Crippen LogP contribution in [0.25, 0.3) is 0 Å². The van der Waals surface area contributed by atoms with Crippen molar-refractivity contribution < 1.29 is 40.9 Å². The normalized spacial score (nSPS) is 17.4. The van der Waals surface area contributed by atoms with Crippen LogP contribution in [0.1, 0.15) is 27.2 Å². The van der Waals surface area contributed by atoms with E-state index in [0.717, 1.165) is 0 Å². The fourth-order valence-corrected chi connectivity index (χ4v) is 1.09. The topological polar surface area (TPSA) is 46.1 Å². The molecular weight excluding hydrogens is 422 g/mol. The van der Waals surface area contributed by atoms with Gasteiger partial charge in [-0.1, -0.05) is 38.7 Å². The second kappa shape index (κ2) is 7.05. The Kier molecular flexibility index (Phi) is 8.20. The van der Waals surface area contributed by atoms with Crippen LogP contribution < -0.4 is 10.2 Å². The summed E-state index contributed by atoms with van der Waals surface area (Å²) in [5, 5.41) is 22.3. The van der Waals surface area contributed by atoms with Crippen molar-refractivity contribution in [2.75, 3.05) is 0 Å². The molecule has 0 aromatic rings. The first kappa shape index (κ1) is 23.3. The van der Waals surface area contributed by atoms with E-state index in [0.29, 0.717) is 0 Å². The summed E-state index contributed by atoms with van der Waals surface area (Å²) in [5.41, 5.74) is -1.20. The van der Waals surface area contributed by atoms with E-state index in [-0.39, 0.29) is 48.9 Å². The van der Waals surface area contributed by atoms with Crippen LogP contribution in [-0.4, -0.2) is 79.1 Å². The van der Waals surface area contributed by atoms with Crippen LogP contribution in [0.4, 0.5) is 30.7 Å². The van der Waals surface area contributed by atoms with Crippen molar-refractivity contribution in [1.82, 2.24) is 0 Å². The average molecular weight is 436 g/mol. The molecule has 0 N–H and O–H groups in total. The minimum Gasteiger partial charge on any atom is -0.852 e. The number of hydrogen-bond acceptors (Lipinski definition) is 2. The quantitative estimate of drug-likeness (QED) is 0.494. The third kappa shape index (κ3) is 5.03. The van der Waals surface area contributed by atoms with Crippen LogP contribution in [0.5, 0.6) is 0 Å². The molecule has 0 radical (unpaired) electrons. The molecule has 0 aliphatic heterocycles. The van der Waals surface area contributed by atoms with Gasteiger partial charge < -0.3 is 10.2 Å². The van der Waals surface area contributed by atoms with Crippen molar-refractivity contribution in [3.63, 3.8) is 0 Å². The monoisotopic (exact) mass is 436 g/mol. The Morgan fingerprint density at radius 2 is 1.15 bits per heavy atom. The molecule has 20 heavy (non-hydrogen) atoms. The molecule has 0 aromatic heterocycles. The molecule has 0 heterocycles. The van der Waals surface area contributed by atoms with Gasteiger partial charge >= 0.3 is 66.9 Å². The Hall–Kier alpha value is 1.00. The molecule has 2 atom stereocenters. The maximum atomic E-state index is 12.9. The van der Waals surface area contributed by atoms with Gasteiger partial charge in [-0.15, -0.1) is 6.10 Å². The number of rotatable bonds is 4. The number of halogens is 7. The minimum atomic E-state index is -6.56. The molecule has 2 unspecified atom stereocenters. The molecule has 0 aliphatic rings. The van der Waals surface area contributed by atoms with Crippen molar-refractivity contribution >= 4 is 48.9 Å². The van der Waals surface area contributed by atoms with Crippen molar-refractivity contribution in [3.8, 4) is 0 Å². The van der Waals surface area contributed by atoms with E-state index in [1.54, 1.807) is 0 Å². The molecule has 0 bridgehead atoms. The van der Waals surface area contributed by atoms with Gasteiger partial charge in [-0.05, 0) is 0 Å². The molecular formula is C10H13BaF7O2. The Morgan fingerprint density at radius 1 is 0.800 bits per heavy atom. The second-order valence-electron chi connectivity index (χ2n) is 5.27. The van der Waals surface area contributed by atoms with Gasteiger partial charge in [0, 0.05) is 0 Å². The first-order valence-corrected chi connectivity index (χ1v) is 5.19. The smallest absolute Gasteiger partial charge is 0.852 e. The molecule has 0 saturated carbocycles. The van der Waals surface area contributed by atoms with Crippen molar-refractivity contribution in [2.45, 2.75) is 57.4 Å². The van der Waals surface area contributed by atoms with E-state index >= 15 is 0 Å². The number of hydrogen-bond donors (Lipinski definition) is 0. The number of alkyl halides is 7. The van der Waals surface area contributed by atoms with Gasteiger partial charge in [-0.3, -0.25) is 0 Å². The van der Waals surface area contributed by atoms with Gasteiger partial charge in [-0.2, -0.15) is 22.0 Å². The van der Waals surface area contributed by atoms with E-state index in [1.165, 1.54) is 20.8 Å². The Bertz CT molecular complexity index is 312. The van der Waals surface area contributed by atoms with E-state index in [1.807, 2.05) is 0 Å². The molecule has 0 spiro atoms. The summed E-state index contributed by atoms with van der Waals surface area (Å²) in [6.45, 7) is 3.78. The summed E-state index contributed by atoms with van der Waals surface area (Å²) in [5.74, 6) is -12.3. The van der Waals surface area contributed by atoms with E-state index in [9.17, 15) is 40.9 Å². The van der Waals surface area contributed by atoms with E-state index in [2.05, 4.69) is 0 Å². The van der Waals surface area contributed by atoms with Gasteiger partial charge in [-0.25, -0.2) is 8.78 Å². The van der Waals surface area contributed by atoms with Crippen LogP contribution in [0.15, 0.2) is 0 Å². The second-order valence-corrected chi connectivity index (χ2v) is 5.27. The summed E-state index contributed by atoms with van der Waals surface area (Å²) in [7, 11) is 0. The summed E-state index contributed by atoms with van der Waals surface area (Å²) in [6.07, 6.45) is -13.7. The zero-order valence-corrected chi connectivity index (χ0v) is 15.5. The summed E-state index contributed by atoms with van der Waals surface area (Å²) in [4.78, 5) is 0. The summed E-state index contributed by atoms with van der Waals surface area (Å²) >= 11 is 0. The first-order valence-electron chi connectivity index (χ1n) is 5.19. The van der Waals surface area contributed by atoms with E-state index in [4.69, 9.17) is 0 Å². The van der Waals surface area contributed by atoms with E-state index < -0.39 is 42.1 Å². The van der Waals surface area contributed by atoms with Crippen LogP contribution in [0.2, 0.25) is 0 Å². The zero-order valence-electron chi connectivity index (χ0n) is 11.0. The van der Waals surface area contributed by atoms with Crippen LogP contribution >= 0.6 is 0 Å². The first-order chi connectivity index (χ1) is 8.05. The third-order valence-corrected chi connectivity index (χ3v) is 2.57. The fourth-order valence-electron chi connectivity index (χ4n) is 1.09. The maximum Gasteiger partial charge on any atom is 2.00 e. The van der Waals surface area contributed by atoms with Gasteiger partial charge in [0.25, 0.3) is 0 Å². The molecule has 10 heteroatoms. The molecule has 0 rings (SSSR count). The van der Waals surface area contributed by atoms with Crippen LogP contribution in [-0.2, 0) is 0 Å². The van der Waals surface area contributed by atoms with Crippen LogP contribution in [0.3, 0.4) is 0 Å². The van der Waals surface area contributed by atoms with Gasteiger partial charge in [0.15, 0.2) is 0 Å². The van der Waals surface area contributed by atoms with Crippen molar-refractivity contribution in [2.24, 2.45) is 5.41 Å². The SMILES string of the molecule is CC(C)(C)C([O-])CC([O-])C(F)(F)C(F)(F)C(F)(F)F.[Ba+2]. The third-order valence-electron chi connectivity index (χ3n) is 2.57. The molecule has 0 aliphatic carbocycles. The summed E-state index contributed by atoms with van der Waals surface area (Å²) < 4.78 is 86.3. The minimum absolute atomic E-state index is 0. The summed E-state index contributed by atoms with van der Waals surface area (Å²) in [6, 6.07) is 0. The molecule has 0 aromatic carbocycles.